The van der Waals surface area contributed by atoms with Crippen molar-refractivity contribution in [2.24, 2.45) is 18.4 Å². The number of hydrogen-bond acceptors (Lipinski definition) is 2. The van der Waals surface area contributed by atoms with Gasteiger partial charge in [-0.3, -0.25) is 4.68 Å². The highest BCUT2D eigenvalue weighted by molar-refractivity contribution is 5.27. The molecular weight excluding hydrogens is 164 g/mol. The summed E-state index contributed by atoms with van der Waals surface area (Å²) in [6.45, 7) is 4.68. The van der Waals surface area contributed by atoms with Crippen LogP contribution in [0, 0.1) is 11.3 Å². The van der Waals surface area contributed by atoms with Gasteiger partial charge in [0.1, 0.15) is 0 Å². The van der Waals surface area contributed by atoms with E-state index in [4.69, 9.17) is 5.11 Å². The molecule has 0 aromatic carbocycles. The zero-order valence-corrected chi connectivity index (χ0v) is 8.36. The second-order valence-corrected chi connectivity index (χ2v) is 4.54. The molecule has 0 spiro atoms. The second kappa shape index (κ2) is 2.58. The first-order valence-corrected chi connectivity index (χ1v) is 4.66. The summed E-state index contributed by atoms with van der Waals surface area (Å²) in [4.78, 5) is 0. The third-order valence-electron chi connectivity index (χ3n) is 3.33. The van der Waals surface area contributed by atoms with E-state index >= 15 is 0 Å². The van der Waals surface area contributed by atoms with E-state index in [9.17, 15) is 0 Å². The average molecular weight is 180 g/mol. The molecule has 0 amide bonds. The lowest BCUT2D eigenvalue weighted by atomic mass is 10.1. The molecule has 0 saturated heterocycles. The Bertz CT molecular complexity index is 316. The lowest BCUT2D eigenvalue weighted by Gasteiger charge is -1.98. The van der Waals surface area contributed by atoms with Crippen LogP contribution in [0.3, 0.4) is 0 Å². The van der Waals surface area contributed by atoms with Crippen molar-refractivity contribution in [1.29, 1.82) is 0 Å². The van der Waals surface area contributed by atoms with Crippen LogP contribution in [0.4, 0.5) is 0 Å². The average Bonchev–Trinajstić information content (AvgIpc) is 2.41. The lowest BCUT2D eigenvalue weighted by molar-refractivity contribution is 0.257. The fraction of sp³-hybridized carbons (Fsp3) is 0.700. The van der Waals surface area contributed by atoms with Gasteiger partial charge in [0.05, 0.1) is 6.20 Å². The molecule has 2 rings (SSSR count). The van der Waals surface area contributed by atoms with Gasteiger partial charge in [-0.25, -0.2) is 0 Å². The van der Waals surface area contributed by atoms with Crippen molar-refractivity contribution in [3.8, 4) is 0 Å². The summed E-state index contributed by atoms with van der Waals surface area (Å²) < 4.78 is 1.82. The molecule has 1 heterocycles. The van der Waals surface area contributed by atoms with Crippen LogP contribution in [0.2, 0.25) is 0 Å². The highest BCUT2D eigenvalue weighted by atomic mass is 16.3. The molecule has 13 heavy (non-hydrogen) atoms. The van der Waals surface area contributed by atoms with E-state index in [1.807, 2.05) is 24.1 Å². The Kier molecular flexibility index (Phi) is 1.74. The van der Waals surface area contributed by atoms with E-state index in [2.05, 4.69) is 18.9 Å². The molecule has 0 bridgehead atoms. The Morgan fingerprint density at radius 1 is 1.62 bits per heavy atom. The van der Waals surface area contributed by atoms with Gasteiger partial charge in [-0.1, -0.05) is 13.8 Å². The van der Waals surface area contributed by atoms with Gasteiger partial charge in [0.25, 0.3) is 0 Å². The van der Waals surface area contributed by atoms with Crippen molar-refractivity contribution in [1.82, 2.24) is 9.78 Å². The van der Waals surface area contributed by atoms with Gasteiger partial charge in [0.15, 0.2) is 0 Å². The number of aliphatic hydroxyl groups is 1. The van der Waals surface area contributed by atoms with E-state index in [0.717, 1.165) is 0 Å². The van der Waals surface area contributed by atoms with Crippen LogP contribution >= 0.6 is 0 Å². The zero-order valence-electron chi connectivity index (χ0n) is 8.36. The van der Waals surface area contributed by atoms with Gasteiger partial charge in [0, 0.05) is 19.9 Å². The van der Waals surface area contributed by atoms with E-state index in [1.54, 1.807) is 0 Å². The fourth-order valence-electron chi connectivity index (χ4n) is 2.35. The molecule has 1 aliphatic rings. The quantitative estimate of drug-likeness (QED) is 0.741. The highest BCUT2D eigenvalue weighted by Crippen LogP contribution is 2.63. The molecule has 1 aromatic heterocycles. The summed E-state index contributed by atoms with van der Waals surface area (Å²) in [5.74, 6) is 0.905. The highest BCUT2D eigenvalue weighted by Gasteiger charge is 2.58. The van der Waals surface area contributed by atoms with Crippen LogP contribution in [0.1, 0.15) is 25.3 Å². The van der Waals surface area contributed by atoms with Crippen molar-refractivity contribution < 1.29 is 5.11 Å². The normalized spacial score (nSPS) is 30.5. The van der Waals surface area contributed by atoms with Crippen LogP contribution in [0.25, 0.3) is 0 Å². The first-order valence-electron chi connectivity index (χ1n) is 4.66. The summed E-state index contributed by atoms with van der Waals surface area (Å²) in [5.41, 5.74) is 1.50. The van der Waals surface area contributed by atoms with Crippen LogP contribution in [-0.2, 0) is 7.05 Å². The van der Waals surface area contributed by atoms with E-state index in [-0.39, 0.29) is 12.0 Å². The standard InChI is InChI=1S/C10H16N2O/c1-10(2)8(6-13)9(10)7-4-11-12(3)5-7/h4-5,8-9,13H,6H2,1-3H3. The number of hydrogen-bond donors (Lipinski definition) is 1. The molecule has 1 N–H and O–H groups in total. The van der Waals surface area contributed by atoms with Gasteiger partial charge >= 0.3 is 0 Å². The summed E-state index contributed by atoms with van der Waals surface area (Å²) in [7, 11) is 1.92. The number of nitrogens with zero attached hydrogens (tertiary/aromatic N) is 2. The lowest BCUT2D eigenvalue weighted by Crippen LogP contribution is -1.93. The van der Waals surface area contributed by atoms with Crippen LogP contribution in [0.15, 0.2) is 12.4 Å². The van der Waals surface area contributed by atoms with Crippen molar-refractivity contribution >= 4 is 0 Å². The molecule has 1 saturated carbocycles. The SMILES string of the molecule is Cn1cc(C2C(CO)C2(C)C)cn1. The smallest absolute Gasteiger partial charge is 0.0524 e. The Labute approximate surface area is 78.4 Å². The minimum absolute atomic E-state index is 0.248. The van der Waals surface area contributed by atoms with Gasteiger partial charge in [-0.05, 0) is 22.8 Å². The predicted octanol–water partition coefficient (Wildman–Crippen LogP) is 1.15. The van der Waals surface area contributed by atoms with Crippen molar-refractivity contribution in [2.75, 3.05) is 6.61 Å². The van der Waals surface area contributed by atoms with Gasteiger partial charge in [-0.2, -0.15) is 5.10 Å². The van der Waals surface area contributed by atoms with Crippen LogP contribution in [0.5, 0.6) is 0 Å². The minimum atomic E-state index is 0.248. The first-order chi connectivity index (χ1) is 6.07. The van der Waals surface area contributed by atoms with E-state index < -0.39 is 0 Å². The maximum Gasteiger partial charge on any atom is 0.0524 e. The topological polar surface area (TPSA) is 38.0 Å². The monoisotopic (exact) mass is 180 g/mol. The molecule has 0 radical (unpaired) electrons. The summed E-state index contributed by atoms with van der Waals surface area (Å²) in [6, 6.07) is 0. The summed E-state index contributed by atoms with van der Waals surface area (Å²) in [6.07, 6.45) is 3.95. The molecular formula is C10H16N2O. The molecule has 1 fully saturated rings. The van der Waals surface area contributed by atoms with Gasteiger partial charge < -0.3 is 5.11 Å². The van der Waals surface area contributed by atoms with Gasteiger partial charge in [0.2, 0.25) is 0 Å². The Hall–Kier alpha value is -0.830. The Balaban J connectivity index is 2.21. The van der Waals surface area contributed by atoms with Gasteiger partial charge in [-0.15, -0.1) is 0 Å². The minimum Gasteiger partial charge on any atom is -0.396 e. The van der Waals surface area contributed by atoms with E-state index in [1.165, 1.54) is 5.56 Å². The largest absolute Gasteiger partial charge is 0.396 e. The third-order valence-corrected chi connectivity index (χ3v) is 3.33. The third kappa shape index (κ3) is 1.18. The molecule has 1 aromatic rings. The maximum atomic E-state index is 9.15. The number of aryl methyl sites for hydroxylation is 1. The number of rotatable bonds is 2. The van der Waals surface area contributed by atoms with Crippen LogP contribution < -0.4 is 0 Å². The Morgan fingerprint density at radius 3 is 2.69 bits per heavy atom. The molecule has 2 unspecified atom stereocenters. The molecule has 72 valence electrons. The van der Waals surface area contributed by atoms with Crippen molar-refractivity contribution in [3.63, 3.8) is 0 Å². The predicted molar refractivity (Wildman–Crippen MR) is 50.3 cm³/mol. The molecule has 2 atom stereocenters. The van der Waals surface area contributed by atoms with Crippen LogP contribution in [-0.4, -0.2) is 21.5 Å². The summed E-state index contributed by atoms with van der Waals surface area (Å²) >= 11 is 0. The van der Waals surface area contributed by atoms with Crippen molar-refractivity contribution in [3.05, 3.63) is 18.0 Å². The van der Waals surface area contributed by atoms with E-state index in [0.29, 0.717) is 11.8 Å². The number of aromatic nitrogens is 2. The Morgan fingerprint density at radius 2 is 2.31 bits per heavy atom. The molecule has 3 heteroatoms. The second-order valence-electron chi connectivity index (χ2n) is 4.54. The fourth-order valence-corrected chi connectivity index (χ4v) is 2.35. The maximum absolute atomic E-state index is 9.15. The molecule has 3 nitrogen and oxygen atoms in total. The molecule has 0 aliphatic heterocycles. The number of aliphatic hydroxyl groups excluding tert-OH is 1. The summed E-state index contributed by atoms with van der Waals surface area (Å²) in [5, 5.41) is 13.3. The first kappa shape index (κ1) is 8.75. The zero-order chi connectivity index (χ0) is 9.64. The van der Waals surface area contributed by atoms with Crippen molar-refractivity contribution in [2.45, 2.75) is 19.8 Å². The molecule has 1 aliphatic carbocycles.